The van der Waals surface area contributed by atoms with Crippen molar-refractivity contribution in [2.45, 2.75) is 31.7 Å². The lowest BCUT2D eigenvalue weighted by atomic mass is 9.94. The summed E-state index contributed by atoms with van der Waals surface area (Å²) in [5.74, 6) is 0.858. The molecule has 2 bridgehead atoms. The monoisotopic (exact) mass is 294 g/mol. The van der Waals surface area contributed by atoms with Crippen molar-refractivity contribution in [3.63, 3.8) is 0 Å². The molecule has 4 nitrogen and oxygen atoms in total. The van der Waals surface area contributed by atoms with E-state index in [-0.39, 0.29) is 6.04 Å². The molecule has 0 aliphatic heterocycles. The Morgan fingerprint density at radius 2 is 1.55 bits per heavy atom. The first-order chi connectivity index (χ1) is 9.47. The lowest BCUT2D eigenvalue weighted by molar-refractivity contribution is 0.375. The SMILES string of the molecule is CN(C)S(=O)(=O)NC1C2CCC1Cc1ccccc1C2. The maximum atomic E-state index is 12.1. The molecule has 5 heteroatoms. The summed E-state index contributed by atoms with van der Waals surface area (Å²) < 4.78 is 28.4. The number of benzene rings is 1. The summed E-state index contributed by atoms with van der Waals surface area (Å²) in [5.41, 5.74) is 2.79. The lowest BCUT2D eigenvalue weighted by Gasteiger charge is -2.25. The maximum absolute atomic E-state index is 12.1. The van der Waals surface area contributed by atoms with E-state index in [2.05, 4.69) is 29.0 Å². The fraction of sp³-hybridized carbons (Fsp3) is 0.600. The number of fused-ring (bicyclic) bond motifs is 3. The molecule has 0 saturated heterocycles. The molecule has 2 aliphatic rings. The minimum Gasteiger partial charge on any atom is -0.198 e. The molecular formula is C15H22N2O2S. The van der Waals surface area contributed by atoms with Crippen LogP contribution in [0.4, 0.5) is 0 Å². The fourth-order valence-corrected chi connectivity index (χ4v) is 4.56. The van der Waals surface area contributed by atoms with Gasteiger partial charge in [0.25, 0.3) is 10.2 Å². The first-order valence-electron chi connectivity index (χ1n) is 7.24. The van der Waals surface area contributed by atoms with Gasteiger partial charge in [-0.15, -0.1) is 0 Å². The maximum Gasteiger partial charge on any atom is 0.279 e. The summed E-state index contributed by atoms with van der Waals surface area (Å²) in [4.78, 5) is 0. The van der Waals surface area contributed by atoms with Crippen LogP contribution in [0, 0.1) is 11.8 Å². The topological polar surface area (TPSA) is 49.4 Å². The predicted molar refractivity (Wildman–Crippen MR) is 79.6 cm³/mol. The molecule has 20 heavy (non-hydrogen) atoms. The fourth-order valence-electron chi connectivity index (χ4n) is 3.62. The van der Waals surface area contributed by atoms with E-state index in [1.807, 2.05) is 0 Å². The van der Waals surface area contributed by atoms with Crippen molar-refractivity contribution in [3.05, 3.63) is 35.4 Å². The summed E-state index contributed by atoms with van der Waals surface area (Å²) in [6, 6.07) is 8.61. The Morgan fingerprint density at radius 3 is 2.00 bits per heavy atom. The van der Waals surface area contributed by atoms with Gasteiger partial charge in [-0.3, -0.25) is 0 Å². The van der Waals surface area contributed by atoms with Gasteiger partial charge in [0, 0.05) is 20.1 Å². The van der Waals surface area contributed by atoms with E-state index in [9.17, 15) is 8.42 Å². The van der Waals surface area contributed by atoms with Crippen molar-refractivity contribution >= 4 is 10.2 Å². The second kappa shape index (κ2) is 5.13. The number of hydrogen-bond donors (Lipinski definition) is 1. The van der Waals surface area contributed by atoms with Crippen molar-refractivity contribution in [1.29, 1.82) is 0 Å². The van der Waals surface area contributed by atoms with Crippen molar-refractivity contribution in [2.75, 3.05) is 14.1 Å². The molecule has 0 amide bonds. The van der Waals surface area contributed by atoms with Crippen LogP contribution < -0.4 is 4.72 Å². The van der Waals surface area contributed by atoms with Gasteiger partial charge in [-0.1, -0.05) is 24.3 Å². The van der Waals surface area contributed by atoms with Gasteiger partial charge in [0.2, 0.25) is 0 Å². The van der Waals surface area contributed by atoms with Gasteiger partial charge in [-0.05, 0) is 48.6 Å². The zero-order valence-electron chi connectivity index (χ0n) is 12.0. The molecule has 1 aromatic carbocycles. The van der Waals surface area contributed by atoms with E-state index < -0.39 is 10.2 Å². The highest BCUT2D eigenvalue weighted by Gasteiger charge is 2.41. The molecule has 0 spiro atoms. The lowest BCUT2D eigenvalue weighted by Crippen LogP contribution is -2.46. The van der Waals surface area contributed by atoms with Crippen LogP contribution in [0.5, 0.6) is 0 Å². The summed E-state index contributed by atoms with van der Waals surface area (Å²) in [7, 11) is -0.186. The van der Waals surface area contributed by atoms with Gasteiger partial charge in [-0.2, -0.15) is 17.4 Å². The van der Waals surface area contributed by atoms with E-state index in [4.69, 9.17) is 0 Å². The molecule has 0 aromatic heterocycles. The molecule has 0 radical (unpaired) electrons. The van der Waals surface area contributed by atoms with Crippen LogP contribution in [0.2, 0.25) is 0 Å². The Kier molecular flexibility index (Phi) is 3.60. The molecule has 2 aliphatic carbocycles. The number of rotatable bonds is 3. The standard InChI is InChI=1S/C15H22N2O2S/c1-17(2)20(18,19)16-15-13-7-8-14(15)10-12-6-4-3-5-11(12)9-13/h3-6,13-16H,7-10H2,1-2H3. The second-order valence-corrected chi connectivity index (χ2v) is 8.12. The van der Waals surface area contributed by atoms with E-state index >= 15 is 0 Å². The van der Waals surface area contributed by atoms with Gasteiger partial charge in [-0.25, -0.2) is 0 Å². The third-order valence-corrected chi connectivity index (χ3v) is 6.30. The Labute approximate surface area is 121 Å². The van der Waals surface area contributed by atoms with Crippen LogP contribution in [-0.4, -0.2) is 32.9 Å². The van der Waals surface area contributed by atoms with Crippen molar-refractivity contribution < 1.29 is 8.42 Å². The Morgan fingerprint density at radius 1 is 1.05 bits per heavy atom. The second-order valence-electron chi connectivity index (χ2n) is 6.21. The quantitative estimate of drug-likeness (QED) is 0.920. The van der Waals surface area contributed by atoms with Gasteiger partial charge in [0.1, 0.15) is 0 Å². The molecule has 2 atom stereocenters. The summed E-state index contributed by atoms with van der Waals surface area (Å²) in [6.45, 7) is 0. The smallest absolute Gasteiger partial charge is 0.198 e. The van der Waals surface area contributed by atoms with Gasteiger partial charge >= 0.3 is 0 Å². The normalized spacial score (nSPS) is 29.2. The van der Waals surface area contributed by atoms with Crippen LogP contribution >= 0.6 is 0 Å². The molecule has 110 valence electrons. The van der Waals surface area contributed by atoms with Crippen molar-refractivity contribution in [1.82, 2.24) is 9.03 Å². The third-order valence-electron chi connectivity index (χ3n) is 4.77. The summed E-state index contributed by atoms with van der Waals surface area (Å²) in [5, 5.41) is 0. The average molecular weight is 294 g/mol. The summed E-state index contributed by atoms with van der Waals surface area (Å²) in [6.07, 6.45) is 4.24. The molecular weight excluding hydrogens is 272 g/mol. The van der Waals surface area contributed by atoms with Crippen LogP contribution in [0.15, 0.2) is 24.3 Å². The minimum atomic E-state index is -3.34. The highest BCUT2D eigenvalue weighted by Crippen LogP contribution is 2.40. The minimum absolute atomic E-state index is 0.0785. The summed E-state index contributed by atoms with van der Waals surface area (Å²) >= 11 is 0. The van der Waals surface area contributed by atoms with Gasteiger partial charge in [0.05, 0.1) is 0 Å². The first kappa shape index (κ1) is 14.0. The van der Waals surface area contributed by atoms with Crippen molar-refractivity contribution in [2.24, 2.45) is 11.8 Å². The molecule has 0 heterocycles. The van der Waals surface area contributed by atoms with Crippen LogP contribution in [0.25, 0.3) is 0 Å². The Balaban J connectivity index is 1.86. The van der Waals surface area contributed by atoms with Gasteiger partial charge in [0.15, 0.2) is 0 Å². The zero-order chi connectivity index (χ0) is 14.3. The van der Waals surface area contributed by atoms with Crippen molar-refractivity contribution in [3.8, 4) is 0 Å². The first-order valence-corrected chi connectivity index (χ1v) is 8.68. The highest BCUT2D eigenvalue weighted by atomic mass is 32.2. The van der Waals surface area contributed by atoms with Crippen LogP contribution in [-0.2, 0) is 23.1 Å². The molecule has 1 saturated carbocycles. The number of nitrogens with zero attached hydrogens (tertiary/aromatic N) is 1. The van der Waals surface area contributed by atoms with Crippen LogP contribution in [0.3, 0.4) is 0 Å². The third kappa shape index (κ3) is 2.50. The van der Waals surface area contributed by atoms with E-state index in [1.165, 1.54) is 15.4 Å². The molecule has 1 fully saturated rings. The Hall–Kier alpha value is -0.910. The van der Waals surface area contributed by atoms with E-state index in [0.717, 1.165) is 25.7 Å². The predicted octanol–water partition coefficient (Wildman–Crippen LogP) is 1.58. The van der Waals surface area contributed by atoms with Gasteiger partial charge < -0.3 is 0 Å². The molecule has 3 rings (SSSR count). The Bertz CT molecular complexity index is 565. The van der Waals surface area contributed by atoms with Crippen LogP contribution in [0.1, 0.15) is 24.0 Å². The largest absolute Gasteiger partial charge is 0.279 e. The zero-order valence-corrected chi connectivity index (χ0v) is 12.9. The highest BCUT2D eigenvalue weighted by molar-refractivity contribution is 7.87. The molecule has 2 unspecified atom stereocenters. The average Bonchev–Trinajstić information content (AvgIpc) is 2.65. The molecule has 1 N–H and O–H groups in total. The molecule has 1 aromatic rings. The van der Waals surface area contributed by atoms with E-state index in [0.29, 0.717) is 11.8 Å². The number of hydrogen-bond acceptors (Lipinski definition) is 2. The number of nitrogens with one attached hydrogen (secondary N) is 1. The van der Waals surface area contributed by atoms with E-state index in [1.54, 1.807) is 14.1 Å².